The highest BCUT2D eigenvalue weighted by molar-refractivity contribution is 9.10. The number of nitrogens with zero attached hydrogens (tertiary/aromatic N) is 2. The Morgan fingerprint density at radius 2 is 2.38 bits per heavy atom. The second kappa shape index (κ2) is 4.47. The second-order valence-electron chi connectivity index (χ2n) is 3.75. The van der Waals surface area contributed by atoms with Crippen LogP contribution in [0, 0.1) is 11.9 Å². The number of pyridine rings is 1. The standard InChI is InChI=1S/C10H11BrFN3O/c11-10-7(1-2-8(12)14-10)15-5-6(4-13)3-9(15)16/h1-2,6H,3-5,13H2. The van der Waals surface area contributed by atoms with Gasteiger partial charge in [0.2, 0.25) is 11.9 Å². The summed E-state index contributed by atoms with van der Waals surface area (Å²) in [6, 6.07) is 2.78. The molecule has 4 nitrogen and oxygen atoms in total. The van der Waals surface area contributed by atoms with Crippen LogP contribution in [0.1, 0.15) is 6.42 Å². The predicted molar refractivity (Wildman–Crippen MR) is 61.4 cm³/mol. The quantitative estimate of drug-likeness (QED) is 0.834. The van der Waals surface area contributed by atoms with Gasteiger partial charge in [0.25, 0.3) is 0 Å². The number of rotatable bonds is 2. The summed E-state index contributed by atoms with van der Waals surface area (Å²) in [5.41, 5.74) is 6.13. The third kappa shape index (κ3) is 2.08. The van der Waals surface area contributed by atoms with Crippen LogP contribution in [-0.2, 0) is 4.79 Å². The SMILES string of the molecule is NCC1CC(=O)N(c2ccc(F)nc2Br)C1. The first kappa shape index (κ1) is 11.5. The van der Waals surface area contributed by atoms with E-state index in [0.717, 1.165) is 0 Å². The number of carbonyl (C=O) groups excluding carboxylic acids is 1. The Hall–Kier alpha value is -1.01. The average Bonchev–Trinajstić information content (AvgIpc) is 2.60. The summed E-state index contributed by atoms with van der Waals surface area (Å²) < 4.78 is 13.2. The van der Waals surface area contributed by atoms with Crippen molar-refractivity contribution < 1.29 is 9.18 Å². The molecule has 1 aromatic rings. The molecule has 86 valence electrons. The van der Waals surface area contributed by atoms with Crippen molar-refractivity contribution in [3.05, 3.63) is 22.7 Å². The minimum Gasteiger partial charge on any atom is -0.330 e. The van der Waals surface area contributed by atoms with Gasteiger partial charge in [0.05, 0.1) is 5.69 Å². The number of carbonyl (C=O) groups is 1. The van der Waals surface area contributed by atoms with Crippen LogP contribution in [0.25, 0.3) is 0 Å². The third-order valence-electron chi connectivity index (χ3n) is 2.62. The van der Waals surface area contributed by atoms with E-state index in [9.17, 15) is 9.18 Å². The highest BCUT2D eigenvalue weighted by Crippen LogP contribution is 2.29. The lowest BCUT2D eigenvalue weighted by molar-refractivity contribution is -0.117. The summed E-state index contributed by atoms with van der Waals surface area (Å²) in [5, 5.41) is 0. The van der Waals surface area contributed by atoms with E-state index in [4.69, 9.17) is 5.73 Å². The van der Waals surface area contributed by atoms with Gasteiger partial charge in [-0.05, 0) is 40.5 Å². The van der Waals surface area contributed by atoms with Gasteiger partial charge < -0.3 is 10.6 Å². The van der Waals surface area contributed by atoms with Crippen molar-refractivity contribution in [2.75, 3.05) is 18.0 Å². The molecule has 2 N–H and O–H groups in total. The van der Waals surface area contributed by atoms with Gasteiger partial charge >= 0.3 is 0 Å². The van der Waals surface area contributed by atoms with E-state index in [2.05, 4.69) is 20.9 Å². The molecule has 0 radical (unpaired) electrons. The van der Waals surface area contributed by atoms with Gasteiger partial charge in [0, 0.05) is 13.0 Å². The minimum absolute atomic E-state index is 0.00422. The highest BCUT2D eigenvalue weighted by Gasteiger charge is 2.30. The van der Waals surface area contributed by atoms with Crippen LogP contribution < -0.4 is 10.6 Å². The van der Waals surface area contributed by atoms with Crippen LogP contribution in [0.5, 0.6) is 0 Å². The molecule has 1 aromatic heterocycles. The first-order valence-corrected chi connectivity index (χ1v) is 5.73. The van der Waals surface area contributed by atoms with E-state index in [1.54, 1.807) is 11.0 Å². The summed E-state index contributed by atoms with van der Waals surface area (Å²) in [6.45, 7) is 1.05. The Bertz CT molecular complexity index is 427. The lowest BCUT2D eigenvalue weighted by atomic mass is 10.1. The minimum atomic E-state index is -0.572. The topological polar surface area (TPSA) is 59.2 Å². The van der Waals surface area contributed by atoms with E-state index in [0.29, 0.717) is 29.8 Å². The normalized spacial score (nSPS) is 20.6. The highest BCUT2D eigenvalue weighted by atomic mass is 79.9. The lowest BCUT2D eigenvalue weighted by Crippen LogP contribution is -2.26. The Labute approximate surface area is 101 Å². The van der Waals surface area contributed by atoms with E-state index in [-0.39, 0.29) is 11.8 Å². The molecule has 1 amide bonds. The largest absolute Gasteiger partial charge is 0.330 e. The van der Waals surface area contributed by atoms with Crippen molar-refractivity contribution >= 4 is 27.5 Å². The van der Waals surface area contributed by atoms with E-state index in [1.807, 2.05) is 0 Å². The molecule has 1 fully saturated rings. The van der Waals surface area contributed by atoms with Crippen LogP contribution >= 0.6 is 15.9 Å². The molecule has 1 aliphatic heterocycles. The van der Waals surface area contributed by atoms with Crippen LogP contribution in [0.4, 0.5) is 10.1 Å². The van der Waals surface area contributed by atoms with Crippen LogP contribution in [0.2, 0.25) is 0 Å². The van der Waals surface area contributed by atoms with Gasteiger partial charge in [-0.2, -0.15) is 4.39 Å². The molecule has 1 saturated heterocycles. The number of halogens is 2. The van der Waals surface area contributed by atoms with Crippen molar-refractivity contribution in [3.63, 3.8) is 0 Å². The van der Waals surface area contributed by atoms with Crippen molar-refractivity contribution in [2.24, 2.45) is 11.7 Å². The predicted octanol–water partition coefficient (Wildman–Crippen LogP) is 1.29. The van der Waals surface area contributed by atoms with E-state index < -0.39 is 5.95 Å². The maximum absolute atomic E-state index is 12.8. The monoisotopic (exact) mass is 287 g/mol. The van der Waals surface area contributed by atoms with Gasteiger partial charge in [0.1, 0.15) is 4.60 Å². The molecular formula is C10H11BrFN3O. The van der Waals surface area contributed by atoms with Crippen LogP contribution in [0.15, 0.2) is 16.7 Å². The molecule has 6 heteroatoms. The summed E-state index contributed by atoms with van der Waals surface area (Å²) in [4.78, 5) is 16.9. The van der Waals surface area contributed by atoms with Crippen LogP contribution in [0.3, 0.4) is 0 Å². The molecule has 0 saturated carbocycles. The fourth-order valence-corrected chi connectivity index (χ4v) is 2.29. The number of nitrogens with two attached hydrogens (primary N) is 1. The fourth-order valence-electron chi connectivity index (χ4n) is 1.78. The molecule has 16 heavy (non-hydrogen) atoms. The Balaban J connectivity index is 2.28. The molecule has 1 atom stereocenters. The van der Waals surface area contributed by atoms with Gasteiger partial charge in [-0.1, -0.05) is 0 Å². The number of anilines is 1. The van der Waals surface area contributed by atoms with Crippen molar-refractivity contribution in [3.8, 4) is 0 Å². The van der Waals surface area contributed by atoms with Crippen molar-refractivity contribution in [2.45, 2.75) is 6.42 Å². The molecule has 1 unspecified atom stereocenters. The van der Waals surface area contributed by atoms with E-state index in [1.165, 1.54) is 6.07 Å². The maximum atomic E-state index is 12.8. The zero-order valence-electron chi connectivity index (χ0n) is 8.49. The molecular weight excluding hydrogens is 277 g/mol. The van der Waals surface area contributed by atoms with Gasteiger partial charge in [0.15, 0.2) is 0 Å². The molecule has 1 aliphatic rings. The summed E-state index contributed by atoms with van der Waals surface area (Å²) in [5.74, 6) is -0.397. The third-order valence-corrected chi connectivity index (χ3v) is 3.21. The Morgan fingerprint density at radius 3 is 2.94 bits per heavy atom. The fraction of sp³-hybridized carbons (Fsp3) is 0.400. The summed E-state index contributed by atoms with van der Waals surface area (Å²) in [6.07, 6.45) is 0.445. The van der Waals surface area contributed by atoms with Crippen LogP contribution in [-0.4, -0.2) is 24.0 Å². The summed E-state index contributed by atoms with van der Waals surface area (Å²) >= 11 is 3.15. The Kier molecular flexibility index (Phi) is 3.20. The maximum Gasteiger partial charge on any atom is 0.227 e. The zero-order chi connectivity index (χ0) is 11.7. The van der Waals surface area contributed by atoms with Gasteiger partial charge in [-0.3, -0.25) is 4.79 Å². The smallest absolute Gasteiger partial charge is 0.227 e. The lowest BCUT2D eigenvalue weighted by Gasteiger charge is -2.17. The molecule has 0 bridgehead atoms. The molecule has 0 spiro atoms. The first-order chi connectivity index (χ1) is 7.61. The number of amides is 1. The average molecular weight is 288 g/mol. The number of hydrogen-bond donors (Lipinski definition) is 1. The zero-order valence-corrected chi connectivity index (χ0v) is 10.1. The molecule has 2 rings (SSSR count). The summed E-state index contributed by atoms with van der Waals surface area (Å²) in [7, 11) is 0. The molecule has 0 aliphatic carbocycles. The Morgan fingerprint density at radius 1 is 1.62 bits per heavy atom. The number of hydrogen-bond acceptors (Lipinski definition) is 3. The van der Waals surface area contributed by atoms with Crippen molar-refractivity contribution in [1.29, 1.82) is 0 Å². The second-order valence-corrected chi connectivity index (χ2v) is 4.51. The van der Waals surface area contributed by atoms with Gasteiger partial charge in [-0.25, -0.2) is 4.98 Å². The first-order valence-electron chi connectivity index (χ1n) is 4.94. The number of aromatic nitrogens is 1. The van der Waals surface area contributed by atoms with E-state index >= 15 is 0 Å². The molecule has 0 aromatic carbocycles. The van der Waals surface area contributed by atoms with Gasteiger partial charge in [-0.15, -0.1) is 0 Å². The van der Waals surface area contributed by atoms with Crippen molar-refractivity contribution in [1.82, 2.24) is 4.98 Å². The molecule has 2 heterocycles.